The van der Waals surface area contributed by atoms with Crippen LogP contribution in [-0.4, -0.2) is 37.0 Å². The van der Waals surface area contributed by atoms with Crippen LogP contribution in [0.3, 0.4) is 0 Å². The maximum Gasteiger partial charge on any atom is 0.253 e. The number of nitrogens with one attached hydrogen (secondary N) is 1. The minimum Gasteiger partial charge on any atom is -0.339 e. The van der Waals surface area contributed by atoms with Crippen molar-refractivity contribution in [1.82, 2.24) is 10.2 Å². The maximum atomic E-state index is 12.4. The van der Waals surface area contributed by atoms with Crippen LogP contribution < -0.4 is 5.32 Å². The fourth-order valence-electron chi connectivity index (χ4n) is 2.19. The smallest absolute Gasteiger partial charge is 0.253 e. The number of benzene rings is 1. The number of carbonyl (C=O) groups is 1. The Morgan fingerprint density at radius 3 is 2.63 bits per heavy atom. The first kappa shape index (κ1) is 17.0. The molecule has 1 aromatic carbocycles. The average Bonchev–Trinajstić information content (AvgIpc) is 2.41. The van der Waals surface area contributed by atoms with Gasteiger partial charge in [-0.1, -0.05) is 11.6 Å². The Kier molecular flexibility index (Phi) is 6.86. The topological polar surface area (TPSA) is 32.3 Å². The van der Waals surface area contributed by atoms with Crippen molar-refractivity contribution in [3.8, 4) is 0 Å². The minimum absolute atomic E-state index is 0. The van der Waals surface area contributed by atoms with Gasteiger partial charge in [-0.05, 0) is 66.7 Å². The summed E-state index contributed by atoms with van der Waals surface area (Å²) in [5.74, 6) is 0.0557. The summed E-state index contributed by atoms with van der Waals surface area (Å²) in [6.45, 7) is 1.96. The number of carbonyl (C=O) groups excluding carboxylic acids is 1. The molecule has 106 valence electrons. The first-order chi connectivity index (χ1) is 8.59. The van der Waals surface area contributed by atoms with E-state index in [2.05, 4.69) is 27.9 Å². The molecule has 3 nitrogen and oxygen atoms in total. The molecule has 19 heavy (non-hydrogen) atoms. The van der Waals surface area contributed by atoms with Gasteiger partial charge in [0, 0.05) is 22.2 Å². The lowest BCUT2D eigenvalue weighted by molar-refractivity contribution is 0.0703. The van der Waals surface area contributed by atoms with E-state index < -0.39 is 0 Å². The zero-order valence-electron chi connectivity index (χ0n) is 10.7. The van der Waals surface area contributed by atoms with Crippen molar-refractivity contribution in [2.24, 2.45) is 0 Å². The normalized spacial score (nSPS) is 15.7. The monoisotopic (exact) mass is 414 g/mol. The molecule has 1 aromatic rings. The predicted molar refractivity (Wildman–Crippen MR) is 89.4 cm³/mol. The summed E-state index contributed by atoms with van der Waals surface area (Å²) in [6.07, 6.45) is 2.03. The summed E-state index contributed by atoms with van der Waals surface area (Å²) >= 11 is 8.22. The Morgan fingerprint density at radius 1 is 1.42 bits per heavy atom. The van der Waals surface area contributed by atoms with E-state index in [0.29, 0.717) is 16.6 Å². The van der Waals surface area contributed by atoms with E-state index in [4.69, 9.17) is 11.6 Å². The van der Waals surface area contributed by atoms with Gasteiger partial charge in [-0.3, -0.25) is 4.79 Å². The van der Waals surface area contributed by atoms with Gasteiger partial charge in [0.15, 0.2) is 0 Å². The first-order valence-corrected chi connectivity index (χ1v) is 7.48. The molecule has 2 rings (SSSR count). The first-order valence-electron chi connectivity index (χ1n) is 6.02. The lowest BCUT2D eigenvalue weighted by atomic mass is 10.0. The molecule has 0 saturated carbocycles. The van der Waals surface area contributed by atoms with Gasteiger partial charge in [-0.2, -0.15) is 0 Å². The molecule has 0 atom stereocenters. The highest BCUT2D eigenvalue weighted by atomic mass is 127. The Balaban J connectivity index is 0.00000180. The van der Waals surface area contributed by atoms with Gasteiger partial charge in [-0.15, -0.1) is 12.4 Å². The number of rotatable bonds is 2. The maximum absolute atomic E-state index is 12.4. The molecule has 1 N–H and O–H groups in total. The standard InChI is InChI=1S/C13H16ClIN2O.ClH/c1-17(10-4-6-16-7-5-10)13(18)9-2-3-12(15)11(14)8-9;/h2-3,8,10,16H,4-7H2,1H3;1H. The second kappa shape index (κ2) is 7.67. The third kappa shape index (κ3) is 4.21. The summed E-state index contributed by atoms with van der Waals surface area (Å²) in [7, 11) is 1.88. The number of hydrogen-bond donors (Lipinski definition) is 1. The van der Waals surface area contributed by atoms with Crippen molar-refractivity contribution in [3.63, 3.8) is 0 Å². The van der Waals surface area contributed by atoms with Crippen molar-refractivity contribution < 1.29 is 4.79 Å². The van der Waals surface area contributed by atoms with Gasteiger partial charge < -0.3 is 10.2 Å². The van der Waals surface area contributed by atoms with Gasteiger partial charge in [0.05, 0.1) is 5.02 Å². The largest absolute Gasteiger partial charge is 0.339 e. The van der Waals surface area contributed by atoms with Crippen LogP contribution in [0.1, 0.15) is 23.2 Å². The van der Waals surface area contributed by atoms with Crippen LogP contribution >= 0.6 is 46.6 Å². The van der Waals surface area contributed by atoms with Crippen molar-refractivity contribution in [3.05, 3.63) is 32.4 Å². The minimum atomic E-state index is 0. The van der Waals surface area contributed by atoms with E-state index in [-0.39, 0.29) is 18.3 Å². The highest BCUT2D eigenvalue weighted by molar-refractivity contribution is 14.1. The van der Waals surface area contributed by atoms with E-state index in [1.165, 1.54) is 0 Å². The molecule has 1 saturated heterocycles. The highest BCUT2D eigenvalue weighted by Gasteiger charge is 2.23. The number of piperidine rings is 1. The summed E-state index contributed by atoms with van der Waals surface area (Å²) < 4.78 is 0.968. The highest BCUT2D eigenvalue weighted by Crippen LogP contribution is 2.21. The Labute approximate surface area is 138 Å². The van der Waals surface area contributed by atoms with Crippen molar-refractivity contribution in [2.75, 3.05) is 20.1 Å². The number of nitrogens with zero attached hydrogens (tertiary/aromatic N) is 1. The van der Waals surface area contributed by atoms with E-state index in [1.54, 1.807) is 6.07 Å². The average molecular weight is 415 g/mol. The lowest BCUT2D eigenvalue weighted by Gasteiger charge is -2.31. The molecule has 1 aliphatic rings. The van der Waals surface area contributed by atoms with Crippen LogP contribution in [0.4, 0.5) is 0 Å². The lowest BCUT2D eigenvalue weighted by Crippen LogP contribution is -2.43. The van der Waals surface area contributed by atoms with Crippen LogP contribution in [0.25, 0.3) is 0 Å². The molecule has 0 spiro atoms. The van der Waals surface area contributed by atoms with Gasteiger partial charge >= 0.3 is 0 Å². The Morgan fingerprint density at radius 2 is 2.05 bits per heavy atom. The molecule has 1 aliphatic heterocycles. The van der Waals surface area contributed by atoms with Crippen LogP contribution in [-0.2, 0) is 0 Å². The molecular weight excluding hydrogens is 398 g/mol. The van der Waals surface area contributed by atoms with Crippen LogP contribution in [0.15, 0.2) is 18.2 Å². The van der Waals surface area contributed by atoms with Crippen molar-refractivity contribution in [1.29, 1.82) is 0 Å². The Bertz CT molecular complexity index is 450. The zero-order valence-corrected chi connectivity index (χ0v) is 14.4. The summed E-state index contributed by atoms with van der Waals surface area (Å²) in [6, 6.07) is 5.81. The predicted octanol–water partition coefficient (Wildman–Crippen LogP) is 3.19. The van der Waals surface area contributed by atoms with E-state index in [9.17, 15) is 4.79 Å². The Hall–Kier alpha value is -0.0400. The summed E-state index contributed by atoms with van der Waals surface area (Å²) in [5.41, 5.74) is 0.668. The molecule has 0 aliphatic carbocycles. The van der Waals surface area contributed by atoms with Crippen molar-refractivity contribution >= 4 is 52.5 Å². The molecule has 6 heteroatoms. The quantitative estimate of drug-likeness (QED) is 0.753. The summed E-state index contributed by atoms with van der Waals surface area (Å²) in [4.78, 5) is 14.2. The third-order valence-corrected chi connectivity index (χ3v) is 4.92. The van der Waals surface area contributed by atoms with Crippen LogP contribution in [0.5, 0.6) is 0 Å². The molecule has 0 aromatic heterocycles. The number of amides is 1. The van der Waals surface area contributed by atoms with Gasteiger partial charge in [0.2, 0.25) is 0 Å². The zero-order chi connectivity index (χ0) is 13.1. The molecule has 1 amide bonds. The van der Waals surface area contributed by atoms with E-state index in [0.717, 1.165) is 29.5 Å². The third-order valence-electron chi connectivity index (χ3n) is 3.34. The fourth-order valence-corrected chi connectivity index (χ4v) is 2.71. The molecule has 0 radical (unpaired) electrons. The van der Waals surface area contributed by atoms with Crippen LogP contribution in [0.2, 0.25) is 5.02 Å². The van der Waals surface area contributed by atoms with Gasteiger partial charge in [-0.25, -0.2) is 0 Å². The number of halogens is 3. The molecule has 1 heterocycles. The number of hydrogen-bond acceptors (Lipinski definition) is 2. The molecule has 0 unspecified atom stereocenters. The van der Waals surface area contributed by atoms with E-state index in [1.807, 2.05) is 24.1 Å². The second-order valence-corrected chi connectivity index (χ2v) is 6.10. The van der Waals surface area contributed by atoms with Gasteiger partial charge in [0.25, 0.3) is 5.91 Å². The summed E-state index contributed by atoms with van der Waals surface area (Å²) in [5, 5.41) is 3.94. The van der Waals surface area contributed by atoms with Gasteiger partial charge in [0.1, 0.15) is 0 Å². The van der Waals surface area contributed by atoms with Crippen molar-refractivity contribution in [2.45, 2.75) is 18.9 Å². The van der Waals surface area contributed by atoms with Crippen LogP contribution in [0, 0.1) is 3.57 Å². The second-order valence-electron chi connectivity index (χ2n) is 4.53. The molecular formula is C13H17Cl2IN2O. The molecule has 1 fully saturated rings. The molecule has 0 bridgehead atoms. The SMILES string of the molecule is CN(C(=O)c1ccc(I)c(Cl)c1)C1CCNCC1.Cl. The van der Waals surface area contributed by atoms with E-state index >= 15 is 0 Å². The fraction of sp³-hybridized carbons (Fsp3) is 0.462.